The van der Waals surface area contributed by atoms with E-state index in [-0.39, 0.29) is 12.5 Å². The van der Waals surface area contributed by atoms with Gasteiger partial charge in [0.2, 0.25) is 0 Å². The third-order valence-electron chi connectivity index (χ3n) is 5.81. The summed E-state index contributed by atoms with van der Waals surface area (Å²) in [4.78, 5) is 17.2. The van der Waals surface area contributed by atoms with Gasteiger partial charge in [0, 0.05) is 27.2 Å². The number of thiazole rings is 1. The van der Waals surface area contributed by atoms with Crippen molar-refractivity contribution in [1.82, 2.24) is 10.4 Å². The molecule has 0 unspecified atom stereocenters. The smallest absolute Gasteiger partial charge is 0.271 e. The summed E-state index contributed by atoms with van der Waals surface area (Å²) in [5.74, 6) is -0.0568. The highest BCUT2D eigenvalue weighted by atomic mass is 35.5. The van der Waals surface area contributed by atoms with Crippen LogP contribution in [0.3, 0.4) is 0 Å². The van der Waals surface area contributed by atoms with Crippen LogP contribution in [-0.4, -0.2) is 17.1 Å². The number of hydrazone groups is 1. The Bertz CT molecular complexity index is 1740. The number of carbonyl (C=O) groups is 1. The number of halogens is 5. The first kappa shape index (κ1) is 30.2. The lowest BCUT2D eigenvalue weighted by Crippen LogP contribution is -2.17. The Morgan fingerprint density at radius 3 is 2.26 bits per heavy atom. The summed E-state index contributed by atoms with van der Waals surface area (Å²) in [6.07, 6.45) is 1.44. The zero-order chi connectivity index (χ0) is 29.6. The Labute approximate surface area is 270 Å². The maximum Gasteiger partial charge on any atom is 0.271 e. The second kappa shape index (κ2) is 13.8. The molecule has 5 rings (SSSR count). The van der Waals surface area contributed by atoms with Crippen molar-refractivity contribution < 1.29 is 9.53 Å². The van der Waals surface area contributed by atoms with Gasteiger partial charge in [0.05, 0.1) is 32.0 Å². The van der Waals surface area contributed by atoms with E-state index in [1.807, 2.05) is 41.8 Å². The second-order valence-corrected chi connectivity index (χ2v) is 11.7. The van der Waals surface area contributed by atoms with Crippen LogP contribution in [0.15, 0.2) is 89.3 Å². The topological polar surface area (TPSA) is 75.6 Å². The van der Waals surface area contributed by atoms with Crippen LogP contribution < -0.4 is 15.5 Å². The first-order valence-corrected chi connectivity index (χ1v) is 15.0. The highest BCUT2D eigenvalue weighted by molar-refractivity contribution is 7.14. The highest BCUT2D eigenvalue weighted by Gasteiger charge is 2.11. The van der Waals surface area contributed by atoms with E-state index in [9.17, 15) is 4.79 Å². The van der Waals surface area contributed by atoms with Crippen LogP contribution in [0.5, 0.6) is 5.75 Å². The van der Waals surface area contributed by atoms with E-state index in [0.29, 0.717) is 42.0 Å². The Morgan fingerprint density at radius 2 is 1.57 bits per heavy atom. The molecular weight excluding hydrogens is 658 g/mol. The molecule has 1 aromatic heterocycles. The summed E-state index contributed by atoms with van der Waals surface area (Å²) in [5.41, 5.74) is 6.89. The summed E-state index contributed by atoms with van der Waals surface area (Å²) < 4.78 is 5.79. The van der Waals surface area contributed by atoms with Crippen molar-refractivity contribution in [3.05, 3.63) is 126 Å². The van der Waals surface area contributed by atoms with E-state index >= 15 is 0 Å². The molecule has 0 aliphatic rings. The minimum absolute atomic E-state index is 0.197. The molecule has 2 N–H and O–H groups in total. The zero-order valence-corrected chi connectivity index (χ0v) is 26.0. The predicted octanol–water partition coefficient (Wildman–Crippen LogP) is 10.2. The summed E-state index contributed by atoms with van der Waals surface area (Å²) in [6, 6.07) is 22.9. The van der Waals surface area contributed by atoms with Crippen molar-refractivity contribution in [1.29, 1.82) is 0 Å². The van der Waals surface area contributed by atoms with Crippen molar-refractivity contribution >= 4 is 92.3 Å². The van der Waals surface area contributed by atoms with E-state index in [0.717, 1.165) is 27.6 Å². The molecular formula is C30H19Cl5N4O2S. The van der Waals surface area contributed by atoms with E-state index in [2.05, 4.69) is 20.8 Å². The van der Waals surface area contributed by atoms with Gasteiger partial charge in [0.25, 0.3) is 5.91 Å². The maximum absolute atomic E-state index is 12.6. The van der Waals surface area contributed by atoms with Crippen LogP contribution in [0, 0.1) is 0 Å². The molecule has 0 bridgehead atoms. The molecule has 0 saturated heterocycles. The summed E-state index contributed by atoms with van der Waals surface area (Å²) in [7, 11) is 0. The molecule has 0 spiro atoms. The first-order valence-electron chi connectivity index (χ1n) is 12.2. The normalized spacial score (nSPS) is 11.1. The van der Waals surface area contributed by atoms with Gasteiger partial charge in [0.1, 0.15) is 6.61 Å². The Kier molecular flexibility index (Phi) is 9.90. The van der Waals surface area contributed by atoms with Crippen molar-refractivity contribution in [2.24, 2.45) is 5.10 Å². The molecule has 0 saturated carbocycles. The molecule has 42 heavy (non-hydrogen) atoms. The summed E-state index contributed by atoms with van der Waals surface area (Å²) >= 11 is 32.2. The second-order valence-electron chi connectivity index (χ2n) is 8.80. The van der Waals surface area contributed by atoms with Crippen molar-refractivity contribution in [2.45, 2.75) is 6.61 Å². The summed E-state index contributed by atoms with van der Waals surface area (Å²) in [5, 5.41) is 12.1. The highest BCUT2D eigenvalue weighted by Crippen LogP contribution is 2.35. The van der Waals surface area contributed by atoms with Crippen molar-refractivity contribution in [3.8, 4) is 17.0 Å². The monoisotopic (exact) mass is 674 g/mol. The summed E-state index contributed by atoms with van der Waals surface area (Å²) in [6.45, 7) is 0.197. The van der Waals surface area contributed by atoms with Crippen LogP contribution in [0.2, 0.25) is 25.1 Å². The first-order chi connectivity index (χ1) is 20.2. The number of ether oxygens (including phenoxy) is 1. The van der Waals surface area contributed by atoms with E-state index in [4.69, 9.17) is 62.7 Å². The molecule has 0 radical (unpaired) electrons. The Morgan fingerprint density at radius 1 is 0.857 bits per heavy atom. The molecule has 6 nitrogen and oxygen atoms in total. The third-order valence-corrected chi connectivity index (χ3v) is 8.12. The SMILES string of the molecule is O=C(N/N=C\c1cc(Cl)c(OCc2ccc(Cl)c(Cl)c2)c(Cl)c1)c1ccc(-c2csc(Nc3ccc(Cl)cc3)n2)cc1. The van der Waals surface area contributed by atoms with Crippen LogP contribution in [-0.2, 0) is 6.61 Å². The van der Waals surface area contributed by atoms with Gasteiger partial charge in [-0.3, -0.25) is 4.79 Å². The average Bonchev–Trinajstić information content (AvgIpc) is 3.44. The van der Waals surface area contributed by atoms with Gasteiger partial charge in [-0.1, -0.05) is 76.2 Å². The van der Waals surface area contributed by atoms with Crippen molar-refractivity contribution in [2.75, 3.05) is 5.32 Å². The molecule has 0 atom stereocenters. The van der Waals surface area contributed by atoms with Gasteiger partial charge in [-0.25, -0.2) is 10.4 Å². The predicted molar refractivity (Wildman–Crippen MR) is 175 cm³/mol. The lowest BCUT2D eigenvalue weighted by atomic mass is 10.1. The molecule has 4 aromatic carbocycles. The number of benzene rings is 4. The van der Waals surface area contributed by atoms with Crippen LogP contribution >= 0.6 is 69.3 Å². The number of nitrogens with zero attached hydrogens (tertiary/aromatic N) is 2. The minimum atomic E-state index is -0.375. The average molecular weight is 677 g/mol. The molecule has 212 valence electrons. The quantitative estimate of drug-likeness (QED) is 0.120. The largest absolute Gasteiger partial charge is 0.486 e. The minimum Gasteiger partial charge on any atom is -0.486 e. The standard InChI is InChI=1S/C30H19Cl5N4O2S/c31-21-6-8-22(9-7-21)37-30-38-27(16-42-30)19-2-4-20(5-3-19)29(40)39-36-14-18-12-25(34)28(26(35)13-18)41-15-17-1-10-23(32)24(33)11-17/h1-14,16H,15H2,(H,37,38)(H,39,40)/b36-14-. The van der Waals surface area contributed by atoms with Crippen LogP contribution in [0.1, 0.15) is 21.5 Å². The number of rotatable bonds is 9. The number of hydrogen-bond acceptors (Lipinski definition) is 6. The number of anilines is 2. The fraction of sp³-hybridized carbons (Fsp3) is 0.0333. The number of amides is 1. The molecule has 12 heteroatoms. The van der Waals surface area contributed by atoms with Gasteiger partial charge in [-0.05, 0) is 71.8 Å². The number of carbonyl (C=O) groups excluding carboxylic acids is 1. The molecule has 1 heterocycles. The van der Waals surface area contributed by atoms with E-state index < -0.39 is 0 Å². The molecule has 1 amide bonds. The molecule has 5 aromatic rings. The molecule has 0 fully saturated rings. The maximum atomic E-state index is 12.6. The molecule has 0 aliphatic carbocycles. The van der Waals surface area contributed by atoms with Gasteiger partial charge >= 0.3 is 0 Å². The third kappa shape index (κ3) is 7.75. The fourth-order valence-electron chi connectivity index (χ4n) is 3.72. The lowest BCUT2D eigenvalue weighted by Gasteiger charge is -2.11. The van der Waals surface area contributed by atoms with E-state index in [1.165, 1.54) is 17.6 Å². The number of aromatic nitrogens is 1. The van der Waals surface area contributed by atoms with Gasteiger partial charge in [0.15, 0.2) is 10.9 Å². The number of nitrogens with one attached hydrogen (secondary N) is 2. The number of hydrogen-bond donors (Lipinski definition) is 2. The molecule has 0 aliphatic heterocycles. The Hall–Kier alpha value is -3.30. The Balaban J connectivity index is 1.16. The van der Waals surface area contributed by atoms with E-state index in [1.54, 1.807) is 42.5 Å². The van der Waals surface area contributed by atoms with Gasteiger partial charge in [-0.15, -0.1) is 11.3 Å². The lowest BCUT2D eigenvalue weighted by molar-refractivity contribution is 0.0955. The van der Waals surface area contributed by atoms with Crippen LogP contribution in [0.4, 0.5) is 10.8 Å². The van der Waals surface area contributed by atoms with Gasteiger partial charge in [-0.2, -0.15) is 5.10 Å². The zero-order valence-electron chi connectivity index (χ0n) is 21.4. The van der Waals surface area contributed by atoms with Crippen molar-refractivity contribution in [3.63, 3.8) is 0 Å². The van der Waals surface area contributed by atoms with Crippen LogP contribution in [0.25, 0.3) is 11.3 Å². The van der Waals surface area contributed by atoms with Gasteiger partial charge < -0.3 is 10.1 Å². The fourth-order valence-corrected chi connectivity index (χ4v) is 5.52.